The van der Waals surface area contributed by atoms with E-state index in [1.807, 2.05) is 30.3 Å². The largest absolute Gasteiger partial charge is 0.457 e. The lowest BCUT2D eigenvalue weighted by Crippen LogP contribution is -1.94. The van der Waals surface area contributed by atoms with Crippen molar-refractivity contribution in [3.8, 4) is 11.3 Å². The van der Waals surface area contributed by atoms with Crippen LogP contribution in [0.25, 0.3) is 17.4 Å². The minimum Gasteiger partial charge on any atom is -0.457 e. The number of halogens is 2. The quantitative estimate of drug-likeness (QED) is 0.368. The maximum atomic E-state index is 12.2. The third kappa shape index (κ3) is 4.22. The van der Waals surface area contributed by atoms with Crippen LogP contribution in [-0.4, -0.2) is 5.78 Å². The Balaban J connectivity index is 1.76. The third-order valence-electron chi connectivity index (χ3n) is 3.87. The third-order valence-corrected chi connectivity index (χ3v) is 4.42. The molecule has 2 nitrogen and oxygen atoms in total. The van der Waals surface area contributed by atoms with Crippen LogP contribution in [0.2, 0.25) is 10.0 Å². The molecule has 0 atom stereocenters. The molecule has 25 heavy (non-hydrogen) atoms. The van der Waals surface area contributed by atoms with Gasteiger partial charge < -0.3 is 4.42 Å². The van der Waals surface area contributed by atoms with Crippen molar-refractivity contribution in [2.75, 3.05) is 0 Å². The monoisotopic (exact) mass is 370 g/mol. The molecular weight excluding hydrogens is 355 g/mol. The number of carbonyl (C=O) groups is 1. The second-order valence-corrected chi connectivity index (χ2v) is 6.42. The summed E-state index contributed by atoms with van der Waals surface area (Å²) >= 11 is 12.1. The average molecular weight is 371 g/mol. The van der Waals surface area contributed by atoms with E-state index in [1.54, 1.807) is 30.3 Å². The number of ketones is 1. The van der Waals surface area contributed by atoms with Gasteiger partial charge in [0, 0.05) is 16.1 Å². The molecule has 0 fully saturated rings. The van der Waals surface area contributed by atoms with Gasteiger partial charge in [0.2, 0.25) is 0 Å². The summed E-state index contributed by atoms with van der Waals surface area (Å²) < 4.78 is 5.75. The molecule has 0 saturated carbocycles. The Labute approximate surface area is 156 Å². The molecule has 0 aliphatic heterocycles. The molecule has 3 rings (SSSR count). The molecule has 0 amide bonds. The fraction of sp³-hybridized carbons (Fsp3) is 0.0952. The fourth-order valence-electron chi connectivity index (χ4n) is 2.44. The fourth-order valence-corrected chi connectivity index (χ4v) is 2.94. The smallest absolute Gasteiger partial charge is 0.185 e. The topological polar surface area (TPSA) is 30.2 Å². The van der Waals surface area contributed by atoms with E-state index in [0.717, 1.165) is 12.0 Å². The summed E-state index contributed by atoms with van der Waals surface area (Å²) in [6.07, 6.45) is 4.11. The summed E-state index contributed by atoms with van der Waals surface area (Å²) in [5.41, 5.74) is 2.62. The summed E-state index contributed by atoms with van der Waals surface area (Å²) in [5, 5.41) is 1.09. The van der Waals surface area contributed by atoms with Crippen LogP contribution in [-0.2, 0) is 6.42 Å². The maximum Gasteiger partial charge on any atom is 0.185 e. The number of rotatable bonds is 5. The highest BCUT2D eigenvalue weighted by Gasteiger charge is 2.09. The van der Waals surface area contributed by atoms with Gasteiger partial charge in [0.15, 0.2) is 5.78 Å². The number of aryl methyl sites for hydroxylation is 1. The van der Waals surface area contributed by atoms with Gasteiger partial charge in [-0.05, 0) is 54.5 Å². The lowest BCUT2D eigenvalue weighted by Gasteiger charge is -2.01. The van der Waals surface area contributed by atoms with Crippen LogP contribution in [0.3, 0.4) is 0 Å². The van der Waals surface area contributed by atoms with Gasteiger partial charge in [0.1, 0.15) is 11.5 Å². The van der Waals surface area contributed by atoms with E-state index >= 15 is 0 Å². The molecule has 0 N–H and O–H groups in total. The van der Waals surface area contributed by atoms with Gasteiger partial charge in [-0.15, -0.1) is 0 Å². The highest BCUT2D eigenvalue weighted by atomic mass is 35.5. The Bertz CT molecular complexity index is 921. The number of hydrogen-bond donors (Lipinski definition) is 0. The van der Waals surface area contributed by atoms with Gasteiger partial charge in [-0.3, -0.25) is 4.79 Å². The summed E-state index contributed by atoms with van der Waals surface area (Å²) in [5.74, 6) is 1.14. The maximum absolute atomic E-state index is 12.2. The molecule has 1 aromatic heterocycles. The summed E-state index contributed by atoms with van der Waals surface area (Å²) in [6.45, 7) is 2.08. The van der Waals surface area contributed by atoms with Crippen molar-refractivity contribution in [3.05, 3.63) is 87.6 Å². The summed E-state index contributed by atoms with van der Waals surface area (Å²) in [7, 11) is 0. The van der Waals surface area contributed by atoms with Crippen molar-refractivity contribution in [2.24, 2.45) is 0 Å². The first-order valence-electron chi connectivity index (χ1n) is 7.93. The molecule has 4 heteroatoms. The molecule has 2 aromatic carbocycles. The molecule has 0 saturated heterocycles. The van der Waals surface area contributed by atoms with Crippen LogP contribution in [0, 0.1) is 0 Å². The Morgan fingerprint density at radius 2 is 1.80 bits per heavy atom. The minimum absolute atomic E-state index is 0.0647. The van der Waals surface area contributed by atoms with Gasteiger partial charge in [-0.1, -0.05) is 54.4 Å². The van der Waals surface area contributed by atoms with Crippen LogP contribution in [0.1, 0.15) is 28.6 Å². The Morgan fingerprint density at radius 3 is 2.48 bits per heavy atom. The first kappa shape index (κ1) is 17.5. The molecular formula is C21H16Cl2O2. The predicted octanol–water partition coefficient (Wildman–Crippen LogP) is 6.71. The van der Waals surface area contributed by atoms with Crippen LogP contribution >= 0.6 is 23.2 Å². The molecule has 1 heterocycles. The zero-order valence-corrected chi connectivity index (χ0v) is 15.1. The molecule has 0 radical (unpaired) electrons. The standard InChI is InChI=1S/C21H16Cl2O2/c1-2-14-3-5-15(6-4-14)20(24)11-8-17-9-12-21(25-17)18-10-7-16(22)13-19(18)23/h3-13H,2H2,1H3/b11-8+. The highest BCUT2D eigenvalue weighted by Crippen LogP contribution is 2.31. The lowest BCUT2D eigenvalue weighted by molar-refractivity contribution is 0.104. The van der Waals surface area contributed by atoms with E-state index in [2.05, 4.69) is 6.92 Å². The van der Waals surface area contributed by atoms with Crippen LogP contribution in [0.5, 0.6) is 0 Å². The van der Waals surface area contributed by atoms with Crippen LogP contribution < -0.4 is 0 Å². The first-order valence-corrected chi connectivity index (χ1v) is 8.69. The van der Waals surface area contributed by atoms with Gasteiger partial charge >= 0.3 is 0 Å². The molecule has 126 valence electrons. The van der Waals surface area contributed by atoms with Crippen molar-refractivity contribution < 1.29 is 9.21 Å². The van der Waals surface area contributed by atoms with E-state index in [4.69, 9.17) is 27.6 Å². The Morgan fingerprint density at radius 1 is 1.04 bits per heavy atom. The van der Waals surface area contributed by atoms with Gasteiger partial charge in [0.05, 0.1) is 5.02 Å². The normalized spacial score (nSPS) is 11.2. The highest BCUT2D eigenvalue weighted by molar-refractivity contribution is 6.36. The minimum atomic E-state index is -0.0647. The van der Waals surface area contributed by atoms with Crippen molar-refractivity contribution in [1.82, 2.24) is 0 Å². The number of furan rings is 1. The average Bonchev–Trinajstić information content (AvgIpc) is 3.08. The Kier molecular flexibility index (Phi) is 5.42. The Hall–Kier alpha value is -2.29. The van der Waals surface area contributed by atoms with Crippen molar-refractivity contribution in [1.29, 1.82) is 0 Å². The van der Waals surface area contributed by atoms with Gasteiger partial charge in [-0.2, -0.15) is 0 Å². The number of hydrogen-bond acceptors (Lipinski definition) is 2. The van der Waals surface area contributed by atoms with Crippen molar-refractivity contribution in [2.45, 2.75) is 13.3 Å². The van der Waals surface area contributed by atoms with E-state index < -0.39 is 0 Å². The van der Waals surface area contributed by atoms with Crippen LogP contribution in [0.15, 0.2) is 65.1 Å². The number of carbonyl (C=O) groups excluding carboxylic acids is 1. The summed E-state index contributed by atoms with van der Waals surface area (Å²) in [6, 6.07) is 16.4. The zero-order valence-electron chi connectivity index (χ0n) is 13.6. The molecule has 3 aromatic rings. The van der Waals surface area contributed by atoms with Crippen molar-refractivity contribution in [3.63, 3.8) is 0 Å². The van der Waals surface area contributed by atoms with Crippen molar-refractivity contribution >= 4 is 35.1 Å². The van der Waals surface area contributed by atoms with E-state index in [0.29, 0.717) is 27.1 Å². The van der Waals surface area contributed by atoms with Gasteiger partial charge in [-0.25, -0.2) is 0 Å². The SMILES string of the molecule is CCc1ccc(C(=O)/C=C/c2ccc(-c3ccc(Cl)cc3Cl)o2)cc1. The summed E-state index contributed by atoms with van der Waals surface area (Å²) in [4.78, 5) is 12.2. The second kappa shape index (κ2) is 7.73. The lowest BCUT2D eigenvalue weighted by atomic mass is 10.1. The molecule has 0 bridgehead atoms. The van der Waals surface area contributed by atoms with E-state index in [-0.39, 0.29) is 5.78 Å². The molecule has 0 spiro atoms. The van der Waals surface area contributed by atoms with Gasteiger partial charge in [0.25, 0.3) is 0 Å². The van der Waals surface area contributed by atoms with E-state index in [9.17, 15) is 4.79 Å². The molecule has 0 aliphatic rings. The van der Waals surface area contributed by atoms with Crippen LogP contribution in [0.4, 0.5) is 0 Å². The molecule has 0 unspecified atom stereocenters. The number of allylic oxidation sites excluding steroid dienone is 1. The molecule has 0 aliphatic carbocycles. The zero-order chi connectivity index (χ0) is 17.8. The second-order valence-electron chi connectivity index (χ2n) is 5.57. The number of benzene rings is 2. The van der Waals surface area contributed by atoms with E-state index in [1.165, 1.54) is 11.6 Å². The first-order chi connectivity index (χ1) is 12.1. The predicted molar refractivity (Wildman–Crippen MR) is 103 cm³/mol.